The number of anilines is 1. The summed E-state index contributed by atoms with van der Waals surface area (Å²) in [6.07, 6.45) is -0.577. The maximum Gasteiger partial charge on any atom is 0.411 e. The van der Waals surface area contributed by atoms with Crippen molar-refractivity contribution in [1.29, 1.82) is 0 Å². The van der Waals surface area contributed by atoms with E-state index >= 15 is 0 Å². The molecule has 0 bridgehead atoms. The Hall–Kier alpha value is -1.84. The molecule has 4 heterocycles. The van der Waals surface area contributed by atoms with E-state index in [1.165, 1.54) is 0 Å². The lowest BCUT2D eigenvalue weighted by molar-refractivity contribution is -0.175. The number of carbonyl (C=O) groups is 1. The number of alkyl halides is 3. The van der Waals surface area contributed by atoms with Gasteiger partial charge in [0.05, 0.1) is 0 Å². The van der Waals surface area contributed by atoms with Gasteiger partial charge in [0, 0.05) is 25.7 Å². The van der Waals surface area contributed by atoms with Crippen LogP contribution in [0.2, 0.25) is 0 Å². The molecular weight excluding hydrogens is 351 g/mol. The Bertz CT molecular complexity index is 659. The number of hydrogen-bond donors (Lipinski definition) is 1. The maximum absolute atomic E-state index is 13.4. The highest BCUT2D eigenvalue weighted by Gasteiger charge is 2.48. The summed E-state index contributed by atoms with van der Waals surface area (Å²) in [5.41, 5.74) is 0. The van der Waals surface area contributed by atoms with Crippen molar-refractivity contribution in [3.63, 3.8) is 0 Å². The molecule has 7 nitrogen and oxygen atoms in total. The Labute approximate surface area is 148 Å². The summed E-state index contributed by atoms with van der Waals surface area (Å²) in [6, 6.07) is -2.08. The Balaban J connectivity index is 1.48. The second kappa shape index (κ2) is 6.71. The Kier molecular flexibility index (Phi) is 4.54. The van der Waals surface area contributed by atoms with Gasteiger partial charge < -0.3 is 15.0 Å². The summed E-state index contributed by atoms with van der Waals surface area (Å²) < 4.78 is 46.7. The number of halogens is 3. The van der Waals surface area contributed by atoms with Crippen LogP contribution >= 0.6 is 0 Å². The highest BCUT2D eigenvalue weighted by atomic mass is 19.4. The average Bonchev–Trinajstić information content (AvgIpc) is 3.31. The predicted molar refractivity (Wildman–Crippen MR) is 85.4 cm³/mol. The first kappa shape index (κ1) is 17.6. The van der Waals surface area contributed by atoms with Crippen LogP contribution in [-0.2, 0) is 9.53 Å². The summed E-state index contributed by atoms with van der Waals surface area (Å²) in [6.45, 7) is 1.69. The molecule has 0 aliphatic carbocycles. The third kappa shape index (κ3) is 3.26. The SMILES string of the molecule is O=C(C1CCCO1)N1CCCC([C@@H]2C[C@H](C(F)(F)F)n3ncnc3N2)C1. The number of ether oxygens (including phenoxy) is 1. The van der Waals surface area contributed by atoms with Gasteiger partial charge in [-0.3, -0.25) is 4.79 Å². The fraction of sp³-hybridized carbons (Fsp3) is 0.812. The van der Waals surface area contributed by atoms with Gasteiger partial charge in [-0.05, 0) is 38.0 Å². The molecule has 1 amide bonds. The molecule has 3 aliphatic rings. The van der Waals surface area contributed by atoms with E-state index in [4.69, 9.17) is 4.74 Å². The molecule has 2 fully saturated rings. The first-order valence-corrected chi connectivity index (χ1v) is 9.06. The van der Waals surface area contributed by atoms with Crippen molar-refractivity contribution < 1.29 is 22.7 Å². The van der Waals surface area contributed by atoms with Gasteiger partial charge in [-0.1, -0.05) is 0 Å². The molecule has 1 N–H and O–H groups in total. The Morgan fingerprint density at radius 1 is 1.31 bits per heavy atom. The Morgan fingerprint density at radius 3 is 2.88 bits per heavy atom. The molecule has 4 atom stereocenters. The second-order valence-electron chi connectivity index (χ2n) is 7.26. The van der Waals surface area contributed by atoms with Gasteiger partial charge in [0.15, 0.2) is 6.04 Å². The number of likely N-dealkylation sites (tertiary alicyclic amines) is 1. The number of carbonyl (C=O) groups excluding carboxylic acids is 1. The molecular formula is C16H22F3N5O2. The predicted octanol–water partition coefficient (Wildman–Crippen LogP) is 1.98. The van der Waals surface area contributed by atoms with E-state index in [-0.39, 0.29) is 30.3 Å². The van der Waals surface area contributed by atoms with Crippen molar-refractivity contribution >= 4 is 11.9 Å². The third-order valence-corrected chi connectivity index (χ3v) is 5.58. The van der Waals surface area contributed by atoms with Crippen molar-refractivity contribution in [2.24, 2.45) is 5.92 Å². The first-order valence-electron chi connectivity index (χ1n) is 9.06. The number of amides is 1. The van der Waals surface area contributed by atoms with E-state index in [1.807, 2.05) is 0 Å². The summed E-state index contributed by atoms with van der Waals surface area (Å²) in [7, 11) is 0. The monoisotopic (exact) mass is 373 g/mol. The van der Waals surface area contributed by atoms with Gasteiger partial charge >= 0.3 is 6.18 Å². The van der Waals surface area contributed by atoms with E-state index in [0.29, 0.717) is 19.7 Å². The number of nitrogens with one attached hydrogen (secondary N) is 1. The molecule has 10 heteroatoms. The largest absolute Gasteiger partial charge is 0.411 e. The van der Waals surface area contributed by atoms with Gasteiger partial charge in [-0.2, -0.15) is 23.3 Å². The molecule has 2 saturated heterocycles. The van der Waals surface area contributed by atoms with Crippen LogP contribution in [0.1, 0.15) is 38.1 Å². The molecule has 0 aromatic carbocycles. The van der Waals surface area contributed by atoms with Crippen molar-refractivity contribution in [2.45, 2.75) is 56.5 Å². The minimum Gasteiger partial charge on any atom is -0.368 e. The molecule has 0 radical (unpaired) electrons. The van der Waals surface area contributed by atoms with Crippen LogP contribution in [0.3, 0.4) is 0 Å². The number of aromatic nitrogens is 3. The number of fused-ring (bicyclic) bond motifs is 1. The van der Waals surface area contributed by atoms with Crippen LogP contribution in [0.25, 0.3) is 0 Å². The van der Waals surface area contributed by atoms with Gasteiger partial charge in [-0.25, -0.2) is 4.68 Å². The molecule has 144 valence electrons. The molecule has 3 aliphatic heterocycles. The summed E-state index contributed by atoms with van der Waals surface area (Å²) in [5, 5.41) is 6.82. The Morgan fingerprint density at radius 2 is 2.15 bits per heavy atom. The van der Waals surface area contributed by atoms with Gasteiger partial charge in [0.2, 0.25) is 5.95 Å². The van der Waals surface area contributed by atoms with Gasteiger partial charge in [-0.15, -0.1) is 0 Å². The average molecular weight is 373 g/mol. The molecule has 0 spiro atoms. The van der Waals surface area contributed by atoms with E-state index in [2.05, 4.69) is 15.4 Å². The molecule has 1 aromatic rings. The molecule has 1 aromatic heterocycles. The quantitative estimate of drug-likeness (QED) is 0.858. The lowest BCUT2D eigenvalue weighted by Gasteiger charge is -2.41. The zero-order chi connectivity index (χ0) is 18.3. The van der Waals surface area contributed by atoms with E-state index in [9.17, 15) is 18.0 Å². The first-order chi connectivity index (χ1) is 12.4. The molecule has 0 saturated carbocycles. The normalized spacial score (nSPS) is 32.2. The molecule has 4 rings (SSSR count). The summed E-state index contributed by atoms with van der Waals surface area (Å²) >= 11 is 0. The number of nitrogens with zero attached hydrogens (tertiary/aromatic N) is 4. The van der Waals surface area contributed by atoms with E-state index in [1.54, 1.807) is 4.90 Å². The summed E-state index contributed by atoms with van der Waals surface area (Å²) in [4.78, 5) is 18.3. The smallest absolute Gasteiger partial charge is 0.368 e. The van der Waals surface area contributed by atoms with Crippen LogP contribution in [0.15, 0.2) is 6.33 Å². The van der Waals surface area contributed by atoms with Crippen LogP contribution in [0.5, 0.6) is 0 Å². The van der Waals surface area contributed by atoms with E-state index < -0.39 is 18.3 Å². The third-order valence-electron chi connectivity index (χ3n) is 5.58. The fourth-order valence-corrected chi connectivity index (χ4v) is 4.24. The number of hydrogen-bond acceptors (Lipinski definition) is 5. The van der Waals surface area contributed by atoms with Crippen molar-refractivity contribution in [1.82, 2.24) is 19.7 Å². The lowest BCUT2D eigenvalue weighted by atomic mass is 9.85. The highest BCUT2D eigenvalue weighted by molar-refractivity contribution is 5.81. The number of rotatable bonds is 2. The summed E-state index contributed by atoms with van der Waals surface area (Å²) in [5.74, 6) is 0.0640. The minimum atomic E-state index is -4.38. The minimum absolute atomic E-state index is 0.0291. The van der Waals surface area contributed by atoms with Gasteiger partial charge in [0.1, 0.15) is 12.4 Å². The fourth-order valence-electron chi connectivity index (χ4n) is 4.24. The number of piperidine rings is 1. The van der Waals surface area contributed by atoms with Crippen LogP contribution < -0.4 is 5.32 Å². The highest BCUT2D eigenvalue weighted by Crippen LogP contribution is 2.40. The molecule has 2 unspecified atom stereocenters. The second-order valence-corrected chi connectivity index (χ2v) is 7.26. The van der Waals surface area contributed by atoms with Crippen LogP contribution in [0.4, 0.5) is 19.1 Å². The standard InChI is InChI=1S/C16H22F3N5O2/c17-16(18,19)13-7-11(22-15-20-9-21-24(13)15)10-3-1-5-23(8-10)14(25)12-4-2-6-26-12/h9-13H,1-8H2,(H,20,21,22)/t10?,11-,12?,13+/m0/s1. The molecule has 26 heavy (non-hydrogen) atoms. The van der Waals surface area contributed by atoms with Crippen molar-refractivity contribution in [3.8, 4) is 0 Å². The maximum atomic E-state index is 13.4. The van der Waals surface area contributed by atoms with Crippen LogP contribution in [0, 0.1) is 5.92 Å². The van der Waals surface area contributed by atoms with Gasteiger partial charge in [0.25, 0.3) is 5.91 Å². The zero-order valence-electron chi connectivity index (χ0n) is 14.3. The zero-order valence-corrected chi connectivity index (χ0v) is 14.3. The van der Waals surface area contributed by atoms with Crippen molar-refractivity contribution in [3.05, 3.63) is 6.33 Å². The lowest BCUT2D eigenvalue weighted by Crippen LogP contribution is -2.51. The van der Waals surface area contributed by atoms with Crippen molar-refractivity contribution in [2.75, 3.05) is 25.0 Å². The van der Waals surface area contributed by atoms with E-state index in [0.717, 1.165) is 36.7 Å². The van der Waals surface area contributed by atoms with Crippen LogP contribution in [-0.4, -0.2) is 63.6 Å². The topological polar surface area (TPSA) is 72.3 Å².